The number of nitrogens with one attached hydrogen (secondary N) is 1. The van der Waals surface area contributed by atoms with Crippen molar-refractivity contribution in [1.29, 1.82) is 0 Å². The largest absolute Gasteiger partial charge is 0.384 e. The summed E-state index contributed by atoms with van der Waals surface area (Å²) in [5.41, 5.74) is 3.11. The van der Waals surface area contributed by atoms with E-state index >= 15 is 0 Å². The SMILES string of the molecule is O[C@H](c1ccc(Cl)c(Cl)c1)c1c[nH]cc1-c1ccccc1Cl. The van der Waals surface area contributed by atoms with Crippen LogP contribution in [0.4, 0.5) is 0 Å². The average molecular weight is 353 g/mol. The molecule has 5 heteroatoms. The number of aliphatic hydroxyl groups is 1. The molecule has 112 valence electrons. The van der Waals surface area contributed by atoms with Crippen LogP contribution in [-0.2, 0) is 0 Å². The van der Waals surface area contributed by atoms with E-state index in [4.69, 9.17) is 34.8 Å². The standard InChI is InChI=1S/C17H12Cl3NO/c18-14-4-2-1-3-11(14)12-8-21-9-13(12)17(22)10-5-6-15(19)16(20)7-10/h1-9,17,21-22H/t17-/m1/s1. The Kier molecular flexibility index (Phi) is 4.46. The minimum atomic E-state index is -0.827. The van der Waals surface area contributed by atoms with Crippen molar-refractivity contribution in [3.8, 4) is 11.1 Å². The van der Waals surface area contributed by atoms with E-state index in [1.807, 2.05) is 30.5 Å². The third-order valence-corrected chi connectivity index (χ3v) is 4.56. The van der Waals surface area contributed by atoms with Crippen molar-refractivity contribution in [3.05, 3.63) is 81.1 Å². The smallest absolute Gasteiger partial charge is 0.106 e. The van der Waals surface area contributed by atoms with Crippen molar-refractivity contribution in [3.63, 3.8) is 0 Å². The zero-order valence-corrected chi connectivity index (χ0v) is 13.6. The van der Waals surface area contributed by atoms with Gasteiger partial charge in [0.05, 0.1) is 10.0 Å². The first kappa shape index (κ1) is 15.4. The maximum Gasteiger partial charge on any atom is 0.106 e. The van der Waals surface area contributed by atoms with Gasteiger partial charge in [-0.1, -0.05) is 59.1 Å². The van der Waals surface area contributed by atoms with Crippen LogP contribution in [0.15, 0.2) is 54.9 Å². The number of benzene rings is 2. The maximum absolute atomic E-state index is 10.7. The summed E-state index contributed by atoms with van der Waals surface area (Å²) in [6.45, 7) is 0. The fourth-order valence-electron chi connectivity index (χ4n) is 2.38. The topological polar surface area (TPSA) is 36.0 Å². The van der Waals surface area contributed by atoms with Crippen LogP contribution in [0.3, 0.4) is 0 Å². The zero-order chi connectivity index (χ0) is 15.7. The summed E-state index contributed by atoms with van der Waals surface area (Å²) >= 11 is 18.2. The molecular weight excluding hydrogens is 341 g/mol. The van der Waals surface area contributed by atoms with E-state index in [9.17, 15) is 5.11 Å². The third-order valence-electron chi connectivity index (χ3n) is 3.50. The van der Waals surface area contributed by atoms with Crippen molar-refractivity contribution < 1.29 is 5.11 Å². The van der Waals surface area contributed by atoms with Crippen LogP contribution in [0.1, 0.15) is 17.2 Å². The lowest BCUT2D eigenvalue weighted by molar-refractivity contribution is 0.221. The molecule has 0 aliphatic rings. The molecular formula is C17H12Cl3NO. The van der Waals surface area contributed by atoms with Crippen LogP contribution in [0.5, 0.6) is 0 Å². The fourth-order valence-corrected chi connectivity index (χ4v) is 2.92. The Morgan fingerprint density at radius 1 is 0.818 bits per heavy atom. The molecule has 0 bridgehead atoms. The predicted molar refractivity (Wildman–Crippen MR) is 91.8 cm³/mol. The molecule has 0 aliphatic carbocycles. The summed E-state index contributed by atoms with van der Waals surface area (Å²) in [5, 5.41) is 12.2. The molecule has 0 aliphatic heterocycles. The summed E-state index contributed by atoms with van der Waals surface area (Å²) in [4.78, 5) is 3.02. The number of halogens is 3. The van der Waals surface area contributed by atoms with Gasteiger partial charge in [-0.15, -0.1) is 0 Å². The van der Waals surface area contributed by atoms with Gasteiger partial charge in [0.25, 0.3) is 0 Å². The van der Waals surface area contributed by atoms with E-state index in [1.54, 1.807) is 24.4 Å². The van der Waals surface area contributed by atoms with Gasteiger partial charge in [-0.05, 0) is 23.8 Å². The Morgan fingerprint density at radius 3 is 2.32 bits per heavy atom. The highest BCUT2D eigenvalue weighted by atomic mass is 35.5. The monoisotopic (exact) mass is 351 g/mol. The van der Waals surface area contributed by atoms with E-state index in [1.165, 1.54) is 0 Å². The number of H-pyrrole nitrogens is 1. The van der Waals surface area contributed by atoms with Gasteiger partial charge in [0.2, 0.25) is 0 Å². The Morgan fingerprint density at radius 2 is 1.59 bits per heavy atom. The van der Waals surface area contributed by atoms with E-state index in [2.05, 4.69) is 4.98 Å². The summed E-state index contributed by atoms with van der Waals surface area (Å²) in [6, 6.07) is 12.6. The number of hydrogen-bond acceptors (Lipinski definition) is 1. The maximum atomic E-state index is 10.7. The second-order valence-corrected chi connectivity index (χ2v) is 6.10. The minimum Gasteiger partial charge on any atom is -0.384 e. The second-order valence-electron chi connectivity index (χ2n) is 4.88. The Balaban J connectivity index is 2.04. The normalized spacial score (nSPS) is 12.4. The molecule has 0 saturated carbocycles. The molecule has 22 heavy (non-hydrogen) atoms. The fraction of sp³-hybridized carbons (Fsp3) is 0.0588. The van der Waals surface area contributed by atoms with E-state index in [-0.39, 0.29) is 0 Å². The van der Waals surface area contributed by atoms with Crippen LogP contribution >= 0.6 is 34.8 Å². The highest BCUT2D eigenvalue weighted by Gasteiger charge is 2.18. The second kappa shape index (κ2) is 6.35. The van der Waals surface area contributed by atoms with Crippen LogP contribution in [0, 0.1) is 0 Å². The molecule has 0 radical (unpaired) electrons. The lowest BCUT2D eigenvalue weighted by Gasteiger charge is -2.14. The highest BCUT2D eigenvalue weighted by Crippen LogP contribution is 2.36. The third kappa shape index (κ3) is 2.88. The van der Waals surface area contributed by atoms with E-state index in [0.29, 0.717) is 20.6 Å². The minimum absolute atomic E-state index is 0.410. The molecule has 0 amide bonds. The summed E-state index contributed by atoms with van der Waals surface area (Å²) in [5.74, 6) is 0. The van der Waals surface area contributed by atoms with Gasteiger partial charge >= 0.3 is 0 Å². The Hall–Kier alpha value is -1.45. The van der Waals surface area contributed by atoms with Crippen molar-refractivity contribution in [2.45, 2.75) is 6.10 Å². The molecule has 1 aromatic heterocycles. The molecule has 2 aromatic carbocycles. The van der Waals surface area contributed by atoms with Gasteiger partial charge in [0, 0.05) is 34.1 Å². The van der Waals surface area contributed by atoms with Gasteiger partial charge in [0.1, 0.15) is 6.10 Å². The molecule has 2 N–H and O–H groups in total. The Labute approximate surface area is 143 Å². The number of aromatic nitrogens is 1. The molecule has 0 fully saturated rings. The first-order chi connectivity index (χ1) is 10.6. The van der Waals surface area contributed by atoms with Gasteiger partial charge in [-0.3, -0.25) is 0 Å². The Bertz CT molecular complexity index is 813. The van der Waals surface area contributed by atoms with Gasteiger partial charge < -0.3 is 10.1 Å². The van der Waals surface area contributed by atoms with Crippen LogP contribution in [-0.4, -0.2) is 10.1 Å². The van der Waals surface area contributed by atoms with Gasteiger partial charge in [0.15, 0.2) is 0 Å². The lowest BCUT2D eigenvalue weighted by atomic mass is 9.97. The first-order valence-electron chi connectivity index (χ1n) is 6.62. The molecule has 0 unspecified atom stereocenters. The molecule has 3 rings (SSSR count). The van der Waals surface area contributed by atoms with Crippen molar-refractivity contribution in [2.24, 2.45) is 0 Å². The number of hydrogen-bond donors (Lipinski definition) is 2. The molecule has 1 atom stereocenters. The molecule has 0 saturated heterocycles. The number of rotatable bonds is 3. The van der Waals surface area contributed by atoms with E-state index in [0.717, 1.165) is 16.7 Å². The average Bonchev–Trinajstić information content (AvgIpc) is 2.99. The van der Waals surface area contributed by atoms with Crippen molar-refractivity contribution >= 4 is 34.8 Å². The van der Waals surface area contributed by atoms with Gasteiger partial charge in [-0.25, -0.2) is 0 Å². The van der Waals surface area contributed by atoms with E-state index < -0.39 is 6.10 Å². The molecule has 1 heterocycles. The summed E-state index contributed by atoms with van der Waals surface area (Å²) in [6.07, 6.45) is 2.75. The quantitative estimate of drug-likeness (QED) is 0.621. The zero-order valence-electron chi connectivity index (χ0n) is 11.4. The predicted octanol–water partition coefficient (Wildman–Crippen LogP) is 5.72. The van der Waals surface area contributed by atoms with Crippen LogP contribution < -0.4 is 0 Å². The molecule has 0 spiro atoms. The first-order valence-corrected chi connectivity index (χ1v) is 7.76. The molecule has 2 nitrogen and oxygen atoms in total. The van der Waals surface area contributed by atoms with Crippen LogP contribution in [0.25, 0.3) is 11.1 Å². The molecule has 3 aromatic rings. The lowest BCUT2D eigenvalue weighted by Crippen LogP contribution is -2.00. The summed E-state index contributed by atoms with van der Waals surface area (Å²) in [7, 11) is 0. The van der Waals surface area contributed by atoms with Gasteiger partial charge in [-0.2, -0.15) is 0 Å². The van der Waals surface area contributed by atoms with Crippen molar-refractivity contribution in [1.82, 2.24) is 4.98 Å². The van der Waals surface area contributed by atoms with Crippen molar-refractivity contribution in [2.75, 3.05) is 0 Å². The number of aliphatic hydroxyl groups excluding tert-OH is 1. The highest BCUT2D eigenvalue weighted by molar-refractivity contribution is 6.42. The summed E-state index contributed by atoms with van der Waals surface area (Å²) < 4.78 is 0. The number of aromatic amines is 1. The van der Waals surface area contributed by atoms with Crippen LogP contribution in [0.2, 0.25) is 15.1 Å².